The zero-order valence-electron chi connectivity index (χ0n) is 9.00. The summed E-state index contributed by atoms with van der Waals surface area (Å²) in [5, 5.41) is 9.26. The number of aliphatic carboxylic acids is 1. The summed E-state index contributed by atoms with van der Waals surface area (Å²) in [5.41, 5.74) is 1.45. The van der Waals surface area contributed by atoms with Gasteiger partial charge in [-0.3, -0.25) is 0 Å². The molecule has 3 nitrogen and oxygen atoms in total. The summed E-state index contributed by atoms with van der Waals surface area (Å²) in [7, 11) is 0. The number of rotatable bonds is 3. The molecule has 0 fully saturated rings. The number of benzene rings is 1. The van der Waals surface area contributed by atoms with E-state index in [1.165, 1.54) is 12.1 Å². The number of carboxylic acid groups (broad SMARTS) is 1. The van der Waals surface area contributed by atoms with Crippen LogP contribution < -0.4 is 5.73 Å². The monoisotopic (exact) mass is 245 g/mol. The van der Waals surface area contributed by atoms with Gasteiger partial charge in [-0.15, -0.1) is 0 Å². The fourth-order valence-electron chi connectivity index (χ4n) is 1.47. The number of hydrogen-bond donors (Lipinski definition) is 2. The fourth-order valence-corrected chi connectivity index (χ4v) is 1.76. The zero-order valence-corrected chi connectivity index (χ0v) is 9.75. The van der Waals surface area contributed by atoms with Crippen LogP contribution in [0, 0.1) is 0 Å². The van der Waals surface area contributed by atoms with Gasteiger partial charge in [0.1, 0.15) is 5.67 Å². The SMILES string of the molecule is CC(C)(F)C(N)(C(=O)O)c1ccccc1Cl. The second-order valence-electron chi connectivity index (χ2n) is 4.07. The Bertz CT molecular complexity index is 417. The number of hydrogen-bond acceptors (Lipinski definition) is 2. The molecule has 88 valence electrons. The largest absolute Gasteiger partial charge is 0.480 e. The Morgan fingerprint density at radius 3 is 2.31 bits per heavy atom. The van der Waals surface area contributed by atoms with Gasteiger partial charge in [0.2, 0.25) is 0 Å². The molecule has 1 aromatic rings. The molecule has 0 bridgehead atoms. The van der Waals surface area contributed by atoms with Crippen molar-refractivity contribution in [3.05, 3.63) is 34.9 Å². The third-order valence-corrected chi connectivity index (χ3v) is 2.90. The van der Waals surface area contributed by atoms with E-state index in [-0.39, 0.29) is 10.6 Å². The first-order chi connectivity index (χ1) is 7.21. The zero-order chi connectivity index (χ0) is 12.6. The van der Waals surface area contributed by atoms with Gasteiger partial charge in [-0.05, 0) is 19.9 Å². The van der Waals surface area contributed by atoms with Crippen LogP contribution in [0.2, 0.25) is 5.02 Å². The van der Waals surface area contributed by atoms with Crippen molar-refractivity contribution in [2.75, 3.05) is 0 Å². The van der Waals surface area contributed by atoms with Crippen molar-refractivity contribution in [2.24, 2.45) is 5.73 Å². The lowest BCUT2D eigenvalue weighted by molar-refractivity contribution is -0.149. The summed E-state index contributed by atoms with van der Waals surface area (Å²) in [6.07, 6.45) is 0. The molecule has 1 rings (SSSR count). The topological polar surface area (TPSA) is 63.3 Å². The summed E-state index contributed by atoms with van der Waals surface area (Å²) in [6.45, 7) is 2.23. The maximum atomic E-state index is 14.0. The molecule has 1 unspecified atom stereocenters. The standard InChI is InChI=1S/C11H13ClFNO2/c1-10(2,13)11(14,9(15)16)7-5-3-4-6-8(7)12/h3-6H,14H2,1-2H3,(H,15,16). The normalized spacial score (nSPS) is 15.6. The minimum absolute atomic E-state index is 0.0664. The molecule has 0 aliphatic heterocycles. The van der Waals surface area contributed by atoms with E-state index in [4.69, 9.17) is 22.4 Å². The molecule has 0 saturated carbocycles. The first-order valence-corrected chi connectivity index (χ1v) is 5.05. The van der Waals surface area contributed by atoms with E-state index in [1.54, 1.807) is 12.1 Å². The summed E-state index contributed by atoms with van der Waals surface area (Å²) < 4.78 is 14.0. The van der Waals surface area contributed by atoms with Crippen LogP contribution >= 0.6 is 11.6 Å². The van der Waals surface area contributed by atoms with Crippen LogP contribution in [0.25, 0.3) is 0 Å². The Morgan fingerprint density at radius 1 is 1.44 bits per heavy atom. The summed E-state index contributed by atoms with van der Waals surface area (Å²) in [5.74, 6) is -1.45. The van der Waals surface area contributed by atoms with E-state index >= 15 is 0 Å². The highest BCUT2D eigenvalue weighted by atomic mass is 35.5. The Morgan fingerprint density at radius 2 is 1.94 bits per heavy atom. The molecule has 0 amide bonds. The van der Waals surface area contributed by atoms with Crippen molar-refractivity contribution in [2.45, 2.75) is 25.1 Å². The third kappa shape index (κ3) is 1.90. The van der Waals surface area contributed by atoms with Crippen LogP contribution in [-0.2, 0) is 10.3 Å². The van der Waals surface area contributed by atoms with E-state index in [0.29, 0.717) is 0 Å². The molecule has 0 aromatic heterocycles. The molecule has 0 aliphatic rings. The van der Waals surface area contributed by atoms with Gasteiger partial charge in [0.25, 0.3) is 0 Å². The number of carboxylic acids is 1. The number of nitrogens with two attached hydrogens (primary N) is 1. The molecule has 3 N–H and O–H groups in total. The maximum absolute atomic E-state index is 14.0. The average Bonchev–Trinajstić information content (AvgIpc) is 2.15. The highest BCUT2D eigenvalue weighted by Crippen LogP contribution is 2.37. The van der Waals surface area contributed by atoms with Crippen molar-refractivity contribution in [3.8, 4) is 0 Å². The molecular weight excluding hydrogens is 233 g/mol. The molecule has 0 aliphatic carbocycles. The van der Waals surface area contributed by atoms with Crippen molar-refractivity contribution in [3.63, 3.8) is 0 Å². The first kappa shape index (κ1) is 12.9. The lowest BCUT2D eigenvalue weighted by Gasteiger charge is -2.35. The highest BCUT2D eigenvalue weighted by Gasteiger charge is 2.51. The lowest BCUT2D eigenvalue weighted by atomic mass is 9.78. The van der Waals surface area contributed by atoms with Gasteiger partial charge >= 0.3 is 5.97 Å². The van der Waals surface area contributed by atoms with E-state index < -0.39 is 17.2 Å². The summed E-state index contributed by atoms with van der Waals surface area (Å²) in [6, 6.07) is 6.09. The predicted molar refractivity (Wildman–Crippen MR) is 60.1 cm³/mol. The van der Waals surface area contributed by atoms with E-state index in [0.717, 1.165) is 13.8 Å². The summed E-state index contributed by atoms with van der Waals surface area (Å²) in [4.78, 5) is 11.2. The van der Waals surface area contributed by atoms with Gasteiger partial charge in [0.05, 0.1) is 0 Å². The van der Waals surface area contributed by atoms with E-state index in [2.05, 4.69) is 0 Å². The van der Waals surface area contributed by atoms with Crippen LogP contribution in [0.1, 0.15) is 19.4 Å². The second-order valence-corrected chi connectivity index (χ2v) is 4.47. The Balaban J connectivity index is 3.46. The third-order valence-electron chi connectivity index (χ3n) is 2.57. The van der Waals surface area contributed by atoms with Crippen molar-refractivity contribution < 1.29 is 14.3 Å². The predicted octanol–water partition coefficient (Wildman–Crippen LogP) is 2.33. The van der Waals surface area contributed by atoms with Crippen molar-refractivity contribution >= 4 is 17.6 Å². The van der Waals surface area contributed by atoms with Gasteiger partial charge in [-0.1, -0.05) is 29.8 Å². The second kappa shape index (κ2) is 4.03. The maximum Gasteiger partial charge on any atom is 0.331 e. The van der Waals surface area contributed by atoms with Crippen LogP contribution in [0.15, 0.2) is 24.3 Å². The van der Waals surface area contributed by atoms with Crippen LogP contribution in [0.4, 0.5) is 4.39 Å². The van der Waals surface area contributed by atoms with Gasteiger partial charge < -0.3 is 10.8 Å². The van der Waals surface area contributed by atoms with Crippen LogP contribution in [-0.4, -0.2) is 16.7 Å². The Kier molecular flexibility index (Phi) is 3.26. The quantitative estimate of drug-likeness (QED) is 0.859. The number of alkyl halides is 1. The first-order valence-electron chi connectivity index (χ1n) is 4.67. The van der Waals surface area contributed by atoms with Crippen molar-refractivity contribution in [1.29, 1.82) is 0 Å². The Hall–Kier alpha value is -1.13. The molecular formula is C11H13ClFNO2. The van der Waals surface area contributed by atoms with Gasteiger partial charge in [0.15, 0.2) is 5.54 Å². The van der Waals surface area contributed by atoms with Gasteiger partial charge in [0, 0.05) is 10.6 Å². The molecule has 1 aromatic carbocycles. The summed E-state index contributed by atoms with van der Waals surface area (Å²) >= 11 is 5.85. The minimum Gasteiger partial charge on any atom is -0.480 e. The Labute approximate surface area is 98.0 Å². The number of halogens is 2. The van der Waals surface area contributed by atoms with Crippen molar-refractivity contribution in [1.82, 2.24) is 0 Å². The van der Waals surface area contributed by atoms with Crippen LogP contribution in [0.3, 0.4) is 0 Å². The van der Waals surface area contributed by atoms with Gasteiger partial charge in [-0.2, -0.15) is 0 Å². The number of carbonyl (C=O) groups is 1. The minimum atomic E-state index is -2.16. The highest BCUT2D eigenvalue weighted by molar-refractivity contribution is 6.31. The fraction of sp³-hybridized carbons (Fsp3) is 0.364. The molecule has 0 radical (unpaired) electrons. The smallest absolute Gasteiger partial charge is 0.331 e. The molecule has 0 saturated heterocycles. The lowest BCUT2D eigenvalue weighted by Crippen LogP contribution is -2.58. The molecule has 1 atom stereocenters. The molecule has 0 heterocycles. The molecule has 16 heavy (non-hydrogen) atoms. The van der Waals surface area contributed by atoms with Gasteiger partial charge in [-0.25, -0.2) is 9.18 Å². The van der Waals surface area contributed by atoms with E-state index in [9.17, 15) is 9.18 Å². The average molecular weight is 246 g/mol. The van der Waals surface area contributed by atoms with E-state index in [1.807, 2.05) is 0 Å². The molecule has 0 spiro atoms. The van der Waals surface area contributed by atoms with Crippen LogP contribution in [0.5, 0.6) is 0 Å². The molecule has 5 heteroatoms.